The molecule has 0 spiro atoms. The smallest absolute Gasteiger partial charge is 0.253 e. The molecule has 0 unspecified atom stereocenters. The molecule has 0 fully saturated rings. The predicted molar refractivity (Wildman–Crippen MR) is 81.1 cm³/mol. The summed E-state index contributed by atoms with van der Waals surface area (Å²) in [6.45, 7) is 12.6. The first kappa shape index (κ1) is 16.6. The Morgan fingerprint density at radius 3 is 2.20 bits per heavy atom. The van der Waals surface area contributed by atoms with Gasteiger partial charge in [-0.3, -0.25) is 9.78 Å². The molecule has 0 aliphatic carbocycles. The van der Waals surface area contributed by atoms with E-state index in [9.17, 15) is 4.79 Å². The van der Waals surface area contributed by atoms with Crippen molar-refractivity contribution in [2.75, 3.05) is 13.2 Å². The molecule has 0 saturated heterocycles. The van der Waals surface area contributed by atoms with Gasteiger partial charge in [-0.05, 0) is 12.1 Å². The van der Waals surface area contributed by atoms with E-state index in [2.05, 4.69) is 26.1 Å². The van der Waals surface area contributed by atoms with Crippen molar-refractivity contribution < 1.29 is 9.90 Å². The van der Waals surface area contributed by atoms with Crippen LogP contribution in [0.25, 0.3) is 0 Å². The summed E-state index contributed by atoms with van der Waals surface area (Å²) in [5, 5.41) is 11.5. The zero-order valence-corrected chi connectivity index (χ0v) is 13.4. The Balaban J connectivity index is 3.28. The number of nitrogens with one attached hydrogen (secondary N) is 1. The highest BCUT2D eigenvalue weighted by atomic mass is 16.3. The van der Waals surface area contributed by atoms with Gasteiger partial charge in [-0.2, -0.15) is 0 Å². The fourth-order valence-electron chi connectivity index (χ4n) is 1.90. The molecule has 0 aliphatic rings. The molecule has 1 rings (SSSR count). The molecule has 0 aromatic carbocycles. The Labute approximate surface area is 121 Å². The lowest BCUT2D eigenvalue weighted by molar-refractivity contribution is 0.0942. The second-order valence-electron chi connectivity index (χ2n) is 7.07. The largest absolute Gasteiger partial charge is 0.395 e. The molecule has 0 bridgehead atoms. The lowest BCUT2D eigenvalue weighted by atomic mass is 9.85. The third kappa shape index (κ3) is 4.04. The zero-order valence-electron chi connectivity index (χ0n) is 13.4. The monoisotopic (exact) mass is 278 g/mol. The Morgan fingerprint density at radius 2 is 1.75 bits per heavy atom. The summed E-state index contributed by atoms with van der Waals surface area (Å²) >= 11 is 0. The van der Waals surface area contributed by atoms with E-state index >= 15 is 0 Å². The second-order valence-corrected chi connectivity index (χ2v) is 7.07. The Bertz CT molecular complexity index is 482. The van der Waals surface area contributed by atoms with Gasteiger partial charge in [0.15, 0.2) is 0 Å². The first-order valence-corrected chi connectivity index (χ1v) is 6.98. The van der Waals surface area contributed by atoms with Gasteiger partial charge in [0, 0.05) is 23.1 Å². The zero-order chi connectivity index (χ0) is 15.6. The molecule has 0 aliphatic heterocycles. The minimum atomic E-state index is -0.215. The Kier molecular flexibility index (Phi) is 4.92. The van der Waals surface area contributed by atoms with Gasteiger partial charge in [0.05, 0.1) is 17.9 Å². The molecular formula is C16H26N2O2. The van der Waals surface area contributed by atoms with E-state index in [4.69, 9.17) is 10.1 Å². The first-order valence-electron chi connectivity index (χ1n) is 6.98. The van der Waals surface area contributed by atoms with Crippen LogP contribution in [-0.2, 0) is 10.8 Å². The lowest BCUT2D eigenvalue weighted by Gasteiger charge is -2.25. The Morgan fingerprint density at radius 1 is 1.15 bits per heavy atom. The number of amides is 1. The predicted octanol–water partition coefficient (Wildman–Crippen LogP) is 2.40. The number of aromatic nitrogens is 1. The highest BCUT2D eigenvalue weighted by Gasteiger charge is 2.26. The van der Waals surface area contributed by atoms with E-state index in [1.807, 2.05) is 32.9 Å². The molecule has 1 amide bonds. The van der Waals surface area contributed by atoms with E-state index < -0.39 is 0 Å². The molecule has 0 radical (unpaired) electrons. The number of hydrogen-bond acceptors (Lipinski definition) is 3. The maximum atomic E-state index is 12.2. The van der Waals surface area contributed by atoms with Crippen LogP contribution >= 0.6 is 0 Å². The van der Waals surface area contributed by atoms with Crippen molar-refractivity contribution in [3.63, 3.8) is 0 Å². The van der Waals surface area contributed by atoms with Gasteiger partial charge in [0.25, 0.3) is 5.91 Å². The summed E-state index contributed by atoms with van der Waals surface area (Å²) in [5.74, 6) is -0.183. The summed E-state index contributed by atoms with van der Waals surface area (Å²) < 4.78 is 0. The van der Waals surface area contributed by atoms with Crippen LogP contribution in [0.3, 0.4) is 0 Å². The number of carbonyl (C=O) groups is 1. The number of aliphatic hydroxyl groups is 1. The molecule has 4 heteroatoms. The number of pyridine rings is 1. The number of aliphatic hydroxyl groups excluding tert-OH is 1. The average molecular weight is 278 g/mol. The van der Waals surface area contributed by atoms with Crippen molar-refractivity contribution >= 4 is 5.91 Å². The summed E-state index contributed by atoms with van der Waals surface area (Å²) in [5.41, 5.74) is 2.08. The maximum Gasteiger partial charge on any atom is 0.253 e. The summed E-state index contributed by atoms with van der Waals surface area (Å²) in [4.78, 5) is 16.9. The third-order valence-corrected chi connectivity index (χ3v) is 3.02. The lowest BCUT2D eigenvalue weighted by Crippen LogP contribution is -2.31. The molecule has 1 aromatic rings. The van der Waals surface area contributed by atoms with Crippen LogP contribution < -0.4 is 5.32 Å². The molecule has 112 valence electrons. The quantitative estimate of drug-likeness (QED) is 0.892. The van der Waals surface area contributed by atoms with Crippen molar-refractivity contribution in [2.24, 2.45) is 0 Å². The van der Waals surface area contributed by atoms with Crippen LogP contribution in [0.5, 0.6) is 0 Å². The van der Waals surface area contributed by atoms with Gasteiger partial charge < -0.3 is 10.4 Å². The third-order valence-electron chi connectivity index (χ3n) is 3.02. The van der Waals surface area contributed by atoms with E-state index in [0.29, 0.717) is 5.56 Å². The molecule has 0 saturated carbocycles. The maximum absolute atomic E-state index is 12.2. The fraction of sp³-hybridized carbons (Fsp3) is 0.625. The van der Waals surface area contributed by atoms with Crippen molar-refractivity contribution in [3.8, 4) is 0 Å². The minimum absolute atomic E-state index is 0.0555. The molecule has 1 aromatic heterocycles. The van der Waals surface area contributed by atoms with E-state index in [0.717, 1.165) is 11.4 Å². The highest BCUT2D eigenvalue weighted by molar-refractivity contribution is 5.95. The van der Waals surface area contributed by atoms with Crippen molar-refractivity contribution in [1.82, 2.24) is 10.3 Å². The van der Waals surface area contributed by atoms with E-state index in [-0.39, 0.29) is 29.9 Å². The summed E-state index contributed by atoms with van der Waals surface area (Å²) in [6.07, 6.45) is 0. The van der Waals surface area contributed by atoms with Gasteiger partial charge in [-0.15, -0.1) is 0 Å². The van der Waals surface area contributed by atoms with E-state index in [1.165, 1.54) is 0 Å². The van der Waals surface area contributed by atoms with Gasteiger partial charge in [-0.1, -0.05) is 41.5 Å². The van der Waals surface area contributed by atoms with Crippen LogP contribution in [0.1, 0.15) is 63.3 Å². The second kappa shape index (κ2) is 5.92. The van der Waals surface area contributed by atoms with Crippen LogP contribution in [-0.4, -0.2) is 29.1 Å². The summed E-state index contributed by atoms with van der Waals surface area (Å²) in [6, 6.07) is 3.74. The van der Waals surface area contributed by atoms with Crippen molar-refractivity contribution in [2.45, 2.75) is 52.4 Å². The molecule has 0 atom stereocenters. The molecule has 4 nitrogen and oxygen atoms in total. The molecule has 20 heavy (non-hydrogen) atoms. The minimum Gasteiger partial charge on any atom is -0.395 e. The summed E-state index contributed by atoms with van der Waals surface area (Å²) in [7, 11) is 0. The highest BCUT2D eigenvalue weighted by Crippen LogP contribution is 2.28. The van der Waals surface area contributed by atoms with Gasteiger partial charge in [0.2, 0.25) is 0 Å². The number of rotatable bonds is 3. The van der Waals surface area contributed by atoms with Crippen LogP contribution in [0.4, 0.5) is 0 Å². The van der Waals surface area contributed by atoms with Crippen LogP contribution in [0.15, 0.2) is 12.1 Å². The number of carbonyl (C=O) groups excluding carboxylic acids is 1. The van der Waals surface area contributed by atoms with E-state index in [1.54, 1.807) is 0 Å². The number of nitrogens with zero attached hydrogens (tertiary/aromatic N) is 1. The molecular weight excluding hydrogens is 252 g/mol. The van der Waals surface area contributed by atoms with Crippen LogP contribution in [0, 0.1) is 0 Å². The van der Waals surface area contributed by atoms with Gasteiger partial charge >= 0.3 is 0 Å². The van der Waals surface area contributed by atoms with Crippen molar-refractivity contribution in [1.29, 1.82) is 0 Å². The first-order chi connectivity index (χ1) is 9.07. The van der Waals surface area contributed by atoms with Gasteiger partial charge in [0.1, 0.15) is 0 Å². The topological polar surface area (TPSA) is 62.2 Å². The standard InChI is InChI=1S/C16H26N2O2/c1-15(2,3)12-8-7-11(14(20)17-9-10-19)13(18-12)16(4,5)6/h7-8,19H,9-10H2,1-6H3,(H,17,20). The van der Waals surface area contributed by atoms with Gasteiger partial charge in [-0.25, -0.2) is 0 Å². The Hall–Kier alpha value is -1.42. The SMILES string of the molecule is CC(C)(C)c1ccc(C(=O)NCCO)c(C(C)(C)C)n1. The fourth-order valence-corrected chi connectivity index (χ4v) is 1.90. The number of hydrogen-bond donors (Lipinski definition) is 2. The normalized spacial score (nSPS) is 12.3. The molecule has 2 N–H and O–H groups in total. The van der Waals surface area contributed by atoms with Crippen molar-refractivity contribution in [3.05, 3.63) is 29.1 Å². The van der Waals surface area contributed by atoms with Crippen LogP contribution in [0.2, 0.25) is 0 Å². The molecule has 1 heterocycles. The average Bonchev–Trinajstić information content (AvgIpc) is 2.33.